The summed E-state index contributed by atoms with van der Waals surface area (Å²) in [5, 5.41) is 3.78. The summed E-state index contributed by atoms with van der Waals surface area (Å²) in [6, 6.07) is 0. The molecule has 1 N–H and O–H groups in total. The fourth-order valence-corrected chi connectivity index (χ4v) is 0.313. The quantitative estimate of drug-likeness (QED) is 0.368. The Kier molecular flexibility index (Phi) is 3.84. The van der Waals surface area contributed by atoms with Crippen molar-refractivity contribution in [3.05, 3.63) is 0 Å². The van der Waals surface area contributed by atoms with E-state index in [0.717, 1.165) is 6.54 Å². The fraction of sp³-hybridized carbons (Fsp3) is 0.857. The minimum atomic E-state index is -0.140. The van der Waals surface area contributed by atoms with Crippen molar-refractivity contribution in [2.75, 3.05) is 6.54 Å². The van der Waals surface area contributed by atoms with Crippen LogP contribution in [0.15, 0.2) is 5.10 Å². The van der Waals surface area contributed by atoms with Gasteiger partial charge in [0.2, 0.25) is 0 Å². The molecule has 0 spiro atoms. The first-order valence-corrected chi connectivity index (χ1v) is 3.48. The van der Waals surface area contributed by atoms with Crippen LogP contribution in [0, 0.1) is 0 Å². The molecule has 0 saturated heterocycles. The van der Waals surface area contributed by atoms with E-state index in [9.17, 15) is 0 Å². The molecule has 0 fully saturated rings. The van der Waals surface area contributed by atoms with Crippen molar-refractivity contribution in [3.8, 4) is 0 Å². The Morgan fingerprint density at radius 1 is 1.50 bits per heavy atom. The van der Waals surface area contributed by atoms with Crippen molar-refractivity contribution in [1.82, 2.24) is 5.43 Å². The molecule has 0 radical (unpaired) electrons. The van der Waals surface area contributed by atoms with Crippen molar-refractivity contribution in [1.29, 1.82) is 0 Å². The number of hydrogen-bond donors (Lipinski definition) is 1. The average Bonchev–Trinajstić information content (AvgIpc) is 1.78. The molecule has 60 valence electrons. The van der Waals surface area contributed by atoms with Crippen LogP contribution in [0.3, 0.4) is 0 Å². The molecule has 0 rings (SSSR count). The number of nitrogens with one attached hydrogen (secondary N) is 1. The van der Waals surface area contributed by atoms with Crippen LogP contribution in [0.25, 0.3) is 0 Å². The van der Waals surface area contributed by atoms with Gasteiger partial charge in [-0.1, -0.05) is 0 Å². The van der Waals surface area contributed by atoms with Gasteiger partial charge >= 0.3 is 0 Å². The molecule has 0 aliphatic heterocycles. The summed E-state index contributed by atoms with van der Waals surface area (Å²) in [5.41, 5.74) is 2.63. The maximum Gasteiger partial charge on any atom is 0.192 e. The molecule has 10 heavy (non-hydrogen) atoms. The second kappa shape index (κ2) is 4.14. The summed E-state index contributed by atoms with van der Waals surface area (Å²) in [6.45, 7) is 8.74. The van der Waals surface area contributed by atoms with Crippen LogP contribution in [0.1, 0.15) is 27.7 Å². The summed E-state index contributed by atoms with van der Waals surface area (Å²) in [4.78, 5) is 0. The monoisotopic (exact) mass is 144 g/mol. The third-order valence-electron chi connectivity index (χ3n) is 0.708. The zero-order valence-electron chi connectivity index (χ0n) is 7.14. The van der Waals surface area contributed by atoms with Crippen LogP contribution >= 0.6 is 0 Å². The van der Waals surface area contributed by atoms with E-state index in [2.05, 4.69) is 10.5 Å². The second-order valence-electron chi connectivity index (χ2n) is 2.98. The number of ether oxygens (including phenoxy) is 1. The standard InChI is InChI=1S/C7H16N2O/c1-5-8-9-6-10-7(2,3)4/h6,8H,5H2,1-4H3/b9-6-. The van der Waals surface area contributed by atoms with Gasteiger partial charge in [0.05, 0.1) is 0 Å². The van der Waals surface area contributed by atoms with E-state index in [4.69, 9.17) is 4.74 Å². The molecule has 0 aromatic rings. The van der Waals surface area contributed by atoms with Gasteiger partial charge in [-0.15, -0.1) is 0 Å². The van der Waals surface area contributed by atoms with E-state index < -0.39 is 0 Å². The van der Waals surface area contributed by atoms with Crippen LogP contribution in [0.5, 0.6) is 0 Å². The van der Waals surface area contributed by atoms with Crippen LogP contribution in [0.2, 0.25) is 0 Å². The van der Waals surface area contributed by atoms with E-state index >= 15 is 0 Å². The lowest BCUT2D eigenvalue weighted by Crippen LogP contribution is -2.18. The SMILES string of the molecule is CCN/N=C\OC(C)(C)C. The highest BCUT2D eigenvalue weighted by Gasteiger charge is 2.07. The highest BCUT2D eigenvalue weighted by molar-refractivity contribution is 5.46. The summed E-state index contributed by atoms with van der Waals surface area (Å²) in [6.07, 6.45) is 1.43. The van der Waals surface area contributed by atoms with Crippen LogP contribution in [-0.4, -0.2) is 18.5 Å². The Balaban J connectivity index is 3.34. The van der Waals surface area contributed by atoms with Crippen molar-refractivity contribution in [3.63, 3.8) is 0 Å². The Morgan fingerprint density at radius 2 is 2.10 bits per heavy atom. The molecular weight excluding hydrogens is 128 g/mol. The highest BCUT2D eigenvalue weighted by Crippen LogP contribution is 2.03. The lowest BCUT2D eigenvalue weighted by atomic mass is 10.2. The average molecular weight is 144 g/mol. The van der Waals surface area contributed by atoms with Crippen LogP contribution < -0.4 is 5.43 Å². The largest absolute Gasteiger partial charge is 0.476 e. The predicted molar refractivity (Wildman–Crippen MR) is 43.0 cm³/mol. The van der Waals surface area contributed by atoms with Crippen LogP contribution in [-0.2, 0) is 4.74 Å². The maximum atomic E-state index is 5.18. The Hall–Kier alpha value is -0.730. The van der Waals surface area contributed by atoms with Crippen molar-refractivity contribution >= 4 is 6.40 Å². The van der Waals surface area contributed by atoms with Crippen molar-refractivity contribution in [2.45, 2.75) is 33.3 Å². The zero-order chi connectivity index (χ0) is 8.04. The van der Waals surface area contributed by atoms with Gasteiger partial charge in [-0.2, -0.15) is 5.10 Å². The Morgan fingerprint density at radius 3 is 2.50 bits per heavy atom. The molecule has 0 atom stereocenters. The summed E-state index contributed by atoms with van der Waals surface area (Å²) < 4.78 is 5.18. The Labute approximate surface area is 62.5 Å². The lowest BCUT2D eigenvalue weighted by Gasteiger charge is -2.16. The first-order chi connectivity index (χ1) is 4.56. The van der Waals surface area contributed by atoms with E-state index in [0.29, 0.717) is 0 Å². The van der Waals surface area contributed by atoms with Crippen molar-refractivity contribution in [2.24, 2.45) is 5.10 Å². The Bertz CT molecular complexity index is 105. The molecule has 0 aliphatic rings. The normalized spacial score (nSPS) is 12.0. The minimum Gasteiger partial charge on any atom is -0.476 e. The number of rotatable bonds is 3. The van der Waals surface area contributed by atoms with E-state index in [1.165, 1.54) is 6.40 Å². The minimum absolute atomic E-state index is 0.140. The smallest absolute Gasteiger partial charge is 0.192 e. The third-order valence-corrected chi connectivity index (χ3v) is 0.708. The molecule has 0 heterocycles. The zero-order valence-corrected chi connectivity index (χ0v) is 7.14. The molecule has 0 aromatic carbocycles. The number of hydrazone groups is 1. The first-order valence-electron chi connectivity index (χ1n) is 3.48. The van der Waals surface area contributed by atoms with Crippen molar-refractivity contribution < 1.29 is 4.74 Å². The highest BCUT2D eigenvalue weighted by atomic mass is 16.5. The van der Waals surface area contributed by atoms with E-state index in [1.807, 2.05) is 27.7 Å². The van der Waals surface area contributed by atoms with Gasteiger partial charge < -0.3 is 10.2 Å². The van der Waals surface area contributed by atoms with Gasteiger partial charge in [-0.25, -0.2) is 0 Å². The van der Waals surface area contributed by atoms with Crippen LogP contribution in [0.4, 0.5) is 0 Å². The molecule has 0 saturated carbocycles. The van der Waals surface area contributed by atoms with Gasteiger partial charge in [-0.3, -0.25) is 0 Å². The molecular formula is C7H16N2O. The molecule has 0 bridgehead atoms. The van der Waals surface area contributed by atoms with Gasteiger partial charge in [0.25, 0.3) is 0 Å². The fourth-order valence-electron chi connectivity index (χ4n) is 0.313. The second-order valence-corrected chi connectivity index (χ2v) is 2.98. The van der Waals surface area contributed by atoms with Gasteiger partial charge in [0, 0.05) is 6.54 Å². The first kappa shape index (κ1) is 9.27. The number of nitrogens with zero attached hydrogens (tertiary/aromatic N) is 1. The van der Waals surface area contributed by atoms with E-state index in [1.54, 1.807) is 0 Å². The summed E-state index contributed by atoms with van der Waals surface area (Å²) in [7, 11) is 0. The molecule has 0 aromatic heterocycles. The topological polar surface area (TPSA) is 33.6 Å². The van der Waals surface area contributed by atoms with Gasteiger partial charge in [-0.05, 0) is 27.7 Å². The van der Waals surface area contributed by atoms with E-state index in [-0.39, 0.29) is 5.60 Å². The molecule has 0 aliphatic carbocycles. The molecule has 3 nitrogen and oxygen atoms in total. The molecule has 0 amide bonds. The molecule has 3 heteroatoms. The molecule has 0 unspecified atom stereocenters. The lowest BCUT2D eigenvalue weighted by molar-refractivity contribution is 0.125. The van der Waals surface area contributed by atoms with Gasteiger partial charge in [0.15, 0.2) is 6.40 Å². The predicted octanol–water partition coefficient (Wildman–Crippen LogP) is 1.35. The summed E-state index contributed by atoms with van der Waals surface area (Å²) >= 11 is 0. The van der Waals surface area contributed by atoms with Gasteiger partial charge in [0.1, 0.15) is 5.60 Å². The third kappa shape index (κ3) is 7.27. The maximum absolute atomic E-state index is 5.18. The summed E-state index contributed by atoms with van der Waals surface area (Å²) in [5.74, 6) is 0. The number of hydrogen-bond acceptors (Lipinski definition) is 3.